The number of nitrogens with zero attached hydrogens (tertiary/aromatic N) is 3. The van der Waals surface area contributed by atoms with Crippen LogP contribution in [0.4, 0.5) is 45.5 Å². The molecule has 0 amide bonds. The molecule has 0 saturated heterocycles. The number of fused-ring (bicyclic) bond motifs is 10. The van der Waals surface area contributed by atoms with E-state index in [1.54, 1.807) is 0 Å². The first-order chi connectivity index (χ1) is 35.2. The van der Waals surface area contributed by atoms with Gasteiger partial charge in [-0.1, -0.05) is 166 Å². The van der Waals surface area contributed by atoms with Crippen LogP contribution in [0.5, 0.6) is 0 Å². The standard InChI is InChI=1S/C70H84BN3O/c1-18-43-36-51-60(37-44(43)19-2)75-63-62(51)73(49-28-29-52-53(40-49)68(14,15)35-34-67(52,12)13)59-42-50(74-56-30-24-46(65(6,7)8)38-54(56)69(16)32-20-21-33-70(69,74)17)41-58-61(59)71(63)55-39-47(66(9,10)11)25-31-57(55)72(58)48-26-22-45(23-27-48)64(3,4)5/h22-31,36-42H,18-21,32-35H2,1-17H3. The van der Waals surface area contributed by atoms with Crippen LogP contribution in [0.25, 0.3) is 11.0 Å². The highest BCUT2D eigenvalue weighted by atomic mass is 16.3. The number of hydrogen-bond acceptors (Lipinski definition) is 4. The molecule has 75 heavy (non-hydrogen) atoms. The van der Waals surface area contributed by atoms with Crippen LogP contribution in [0, 0.1) is 0 Å². The van der Waals surface area contributed by atoms with E-state index < -0.39 is 0 Å². The summed E-state index contributed by atoms with van der Waals surface area (Å²) in [7, 11) is 0. The molecule has 2 aliphatic carbocycles. The molecule has 2 atom stereocenters. The van der Waals surface area contributed by atoms with E-state index in [-0.39, 0.29) is 44.7 Å². The van der Waals surface area contributed by atoms with Gasteiger partial charge in [0.2, 0.25) is 0 Å². The molecule has 3 aliphatic heterocycles. The monoisotopic (exact) mass is 994 g/mol. The molecule has 0 bridgehead atoms. The van der Waals surface area contributed by atoms with Crippen LogP contribution in [0.3, 0.4) is 0 Å². The molecule has 1 fully saturated rings. The number of rotatable bonds is 5. The SMILES string of the molecule is CCc1cc2oc3c(c2cc1CC)N(c1ccc2c(c1)C(C)(C)CCC2(C)C)c1cc(N2c4ccc(C(C)(C)C)cc4C4(C)CCCCC24C)cc2c1B3c1cc(C(C)(C)C)ccc1N2c1ccc(C(C)(C)C)cc1. The number of hydrogen-bond donors (Lipinski definition) is 0. The Labute approximate surface area is 451 Å². The van der Waals surface area contributed by atoms with E-state index >= 15 is 0 Å². The summed E-state index contributed by atoms with van der Waals surface area (Å²) in [6.45, 7) is 40.7. The second-order valence-electron chi connectivity index (χ2n) is 28.6. The van der Waals surface area contributed by atoms with Crippen LogP contribution >= 0.6 is 0 Å². The van der Waals surface area contributed by atoms with Crippen LogP contribution in [0.15, 0.2) is 108 Å². The lowest BCUT2D eigenvalue weighted by atomic mass is 9.35. The van der Waals surface area contributed by atoms with E-state index in [0.717, 1.165) is 36.9 Å². The van der Waals surface area contributed by atoms with Gasteiger partial charge in [-0.3, -0.25) is 0 Å². The van der Waals surface area contributed by atoms with Crippen molar-refractivity contribution in [3.05, 3.63) is 148 Å². The van der Waals surface area contributed by atoms with Gasteiger partial charge in [-0.15, -0.1) is 0 Å². The number of anilines is 8. The van der Waals surface area contributed by atoms with Crippen molar-refractivity contribution in [1.29, 1.82) is 0 Å². The maximum absolute atomic E-state index is 7.64. The lowest BCUT2D eigenvalue weighted by Crippen LogP contribution is -2.61. The summed E-state index contributed by atoms with van der Waals surface area (Å²) >= 11 is 0. The maximum Gasteiger partial charge on any atom is 0.297 e. The molecule has 0 radical (unpaired) electrons. The molecule has 12 rings (SSSR count). The average Bonchev–Trinajstić information content (AvgIpc) is 3.82. The third-order valence-electron chi connectivity index (χ3n) is 19.9. The van der Waals surface area contributed by atoms with Gasteiger partial charge in [0.05, 0.1) is 16.9 Å². The molecule has 6 aromatic carbocycles. The summed E-state index contributed by atoms with van der Waals surface area (Å²) in [5.41, 5.74) is 25.8. The largest absolute Gasteiger partial charge is 0.468 e. The Balaban J connectivity index is 1.24. The minimum absolute atomic E-state index is 0.0222. The molecule has 2 unspecified atom stereocenters. The second kappa shape index (κ2) is 16.4. The summed E-state index contributed by atoms with van der Waals surface area (Å²) in [5, 5.41) is 1.20. The van der Waals surface area contributed by atoms with E-state index in [0.29, 0.717) is 0 Å². The van der Waals surface area contributed by atoms with Crippen molar-refractivity contribution in [2.45, 2.75) is 207 Å². The summed E-state index contributed by atoms with van der Waals surface area (Å²) in [4.78, 5) is 8.15. The van der Waals surface area contributed by atoms with E-state index in [4.69, 9.17) is 4.42 Å². The van der Waals surface area contributed by atoms with Crippen LogP contribution in [-0.4, -0.2) is 12.3 Å². The molecule has 5 aliphatic rings. The highest BCUT2D eigenvalue weighted by Crippen LogP contribution is 2.62. The molecule has 1 aromatic heterocycles. The molecule has 0 spiro atoms. The van der Waals surface area contributed by atoms with Crippen LogP contribution < -0.4 is 31.3 Å². The van der Waals surface area contributed by atoms with Gasteiger partial charge in [0, 0.05) is 50.6 Å². The summed E-state index contributed by atoms with van der Waals surface area (Å²) in [6, 6.07) is 42.1. The second-order valence-corrected chi connectivity index (χ2v) is 28.6. The quantitative estimate of drug-likeness (QED) is 0.160. The smallest absolute Gasteiger partial charge is 0.297 e. The minimum atomic E-state index is -0.154. The minimum Gasteiger partial charge on any atom is -0.468 e. The molecule has 4 nitrogen and oxygen atoms in total. The topological polar surface area (TPSA) is 22.9 Å². The maximum atomic E-state index is 7.64. The fourth-order valence-electron chi connectivity index (χ4n) is 14.8. The number of aryl methyl sites for hydroxylation is 2. The van der Waals surface area contributed by atoms with Gasteiger partial charge < -0.3 is 19.1 Å². The van der Waals surface area contributed by atoms with Crippen molar-refractivity contribution < 1.29 is 4.42 Å². The van der Waals surface area contributed by atoms with E-state index in [1.807, 2.05) is 0 Å². The van der Waals surface area contributed by atoms with Gasteiger partial charge in [-0.2, -0.15) is 0 Å². The zero-order valence-electron chi connectivity index (χ0n) is 48.8. The van der Waals surface area contributed by atoms with Crippen molar-refractivity contribution in [2.75, 3.05) is 14.7 Å². The Morgan fingerprint density at radius 2 is 1.05 bits per heavy atom. The Hall–Kier alpha value is -5.68. The lowest BCUT2D eigenvalue weighted by Gasteiger charge is -2.51. The van der Waals surface area contributed by atoms with Crippen molar-refractivity contribution in [3.63, 3.8) is 0 Å². The van der Waals surface area contributed by atoms with Crippen molar-refractivity contribution in [1.82, 2.24) is 0 Å². The normalized spacial score (nSPS) is 21.4. The molecular formula is C70H84BN3O. The first-order valence-corrected chi connectivity index (χ1v) is 28.9. The lowest BCUT2D eigenvalue weighted by molar-refractivity contribution is 0.195. The van der Waals surface area contributed by atoms with Gasteiger partial charge in [-0.05, 0) is 189 Å². The Morgan fingerprint density at radius 1 is 0.493 bits per heavy atom. The van der Waals surface area contributed by atoms with Crippen molar-refractivity contribution >= 4 is 79.8 Å². The molecule has 388 valence electrons. The van der Waals surface area contributed by atoms with Crippen molar-refractivity contribution in [2.24, 2.45) is 0 Å². The van der Waals surface area contributed by atoms with Gasteiger partial charge >= 0.3 is 0 Å². The molecule has 5 heteroatoms. The van der Waals surface area contributed by atoms with Crippen LogP contribution in [0.2, 0.25) is 0 Å². The highest BCUT2D eigenvalue weighted by molar-refractivity contribution is 7.00. The summed E-state index contributed by atoms with van der Waals surface area (Å²) < 4.78 is 7.64. The van der Waals surface area contributed by atoms with Gasteiger partial charge in [0.1, 0.15) is 5.58 Å². The summed E-state index contributed by atoms with van der Waals surface area (Å²) in [5.74, 6) is 0. The first-order valence-electron chi connectivity index (χ1n) is 28.9. The van der Waals surface area contributed by atoms with Gasteiger partial charge in [0.15, 0.2) is 0 Å². The highest BCUT2D eigenvalue weighted by Gasteiger charge is 2.59. The third-order valence-corrected chi connectivity index (χ3v) is 19.9. The van der Waals surface area contributed by atoms with Gasteiger partial charge in [-0.25, -0.2) is 0 Å². The zero-order valence-corrected chi connectivity index (χ0v) is 48.8. The van der Waals surface area contributed by atoms with Crippen LogP contribution in [-0.2, 0) is 45.3 Å². The Morgan fingerprint density at radius 3 is 1.69 bits per heavy atom. The molecule has 7 aromatic rings. The number of furan rings is 1. The van der Waals surface area contributed by atoms with E-state index in [9.17, 15) is 0 Å². The van der Waals surface area contributed by atoms with Crippen molar-refractivity contribution in [3.8, 4) is 0 Å². The van der Waals surface area contributed by atoms with Gasteiger partial charge in [0.25, 0.3) is 6.71 Å². The fourth-order valence-corrected chi connectivity index (χ4v) is 14.8. The third kappa shape index (κ3) is 7.34. The Kier molecular flexibility index (Phi) is 11.0. The molecule has 4 heterocycles. The number of benzene rings is 6. The summed E-state index contributed by atoms with van der Waals surface area (Å²) in [6.07, 6.45) is 9.04. The predicted octanol–water partition coefficient (Wildman–Crippen LogP) is 17.6. The predicted molar refractivity (Wildman–Crippen MR) is 323 cm³/mol. The Bertz CT molecular complexity index is 3480. The van der Waals surface area contributed by atoms with E-state index in [2.05, 4.69) is 236 Å². The molecule has 0 N–H and O–H groups in total. The zero-order chi connectivity index (χ0) is 53.3. The molecular weight excluding hydrogens is 910 g/mol. The van der Waals surface area contributed by atoms with Crippen LogP contribution in [0.1, 0.15) is 201 Å². The molecule has 1 saturated carbocycles. The first kappa shape index (κ1) is 50.2. The fraction of sp³-hybridized carbons (Fsp3) is 0.457. The average molecular weight is 994 g/mol. The van der Waals surface area contributed by atoms with E-state index in [1.165, 1.54) is 132 Å².